The third-order valence-electron chi connectivity index (χ3n) is 2.26. The van der Waals surface area contributed by atoms with Gasteiger partial charge in [0.2, 0.25) is 0 Å². The van der Waals surface area contributed by atoms with Gasteiger partial charge < -0.3 is 14.6 Å². The molecule has 0 aromatic heterocycles. The van der Waals surface area contributed by atoms with E-state index in [4.69, 9.17) is 9.84 Å². The Morgan fingerprint density at radius 3 is 2.71 bits per heavy atom. The predicted octanol–water partition coefficient (Wildman–Crippen LogP) is 1.63. The van der Waals surface area contributed by atoms with Crippen LogP contribution in [-0.4, -0.2) is 35.2 Å². The van der Waals surface area contributed by atoms with Crippen LogP contribution in [0.2, 0.25) is 0 Å². The van der Waals surface area contributed by atoms with Gasteiger partial charge in [-0.25, -0.2) is 9.59 Å². The molecule has 21 heavy (non-hydrogen) atoms. The molecule has 8 nitrogen and oxygen atoms in total. The number of nitrogens with zero attached hydrogens (tertiary/aromatic N) is 1. The van der Waals surface area contributed by atoms with Gasteiger partial charge in [0, 0.05) is 23.8 Å². The number of benzene rings is 1. The van der Waals surface area contributed by atoms with Crippen molar-refractivity contribution in [1.82, 2.24) is 0 Å². The van der Waals surface area contributed by atoms with Gasteiger partial charge in [-0.2, -0.15) is 0 Å². The number of aliphatic carboxylic acids is 1. The molecule has 0 heterocycles. The van der Waals surface area contributed by atoms with Crippen LogP contribution in [0.5, 0.6) is 5.75 Å². The molecular weight excluding hydrogens is 282 g/mol. The molecule has 0 radical (unpaired) electrons. The van der Waals surface area contributed by atoms with E-state index in [1.807, 2.05) is 0 Å². The minimum absolute atomic E-state index is 0.145. The Balaban J connectivity index is 2.98. The molecule has 0 saturated heterocycles. The molecule has 0 aliphatic rings. The molecule has 0 aliphatic carbocycles. The monoisotopic (exact) mass is 295 g/mol. The van der Waals surface area contributed by atoms with Crippen molar-refractivity contribution >= 4 is 23.7 Å². The van der Waals surface area contributed by atoms with E-state index in [2.05, 4.69) is 4.74 Å². The normalized spacial score (nSPS) is 10.3. The summed E-state index contributed by atoms with van der Waals surface area (Å²) in [6.07, 6.45) is 1.96. The van der Waals surface area contributed by atoms with Crippen molar-refractivity contribution in [3.8, 4) is 5.75 Å². The molecule has 1 N–H and O–H groups in total. The first-order chi connectivity index (χ1) is 9.93. The molecule has 0 spiro atoms. The van der Waals surface area contributed by atoms with Crippen molar-refractivity contribution in [3.05, 3.63) is 40.0 Å². The first-order valence-corrected chi connectivity index (χ1v) is 5.92. The number of rotatable bonds is 7. The third-order valence-corrected chi connectivity index (χ3v) is 2.26. The van der Waals surface area contributed by atoms with Crippen molar-refractivity contribution in [1.29, 1.82) is 0 Å². The lowest BCUT2D eigenvalue weighted by atomic mass is 10.1. The van der Waals surface area contributed by atoms with Gasteiger partial charge in [0.15, 0.2) is 6.61 Å². The van der Waals surface area contributed by atoms with Crippen LogP contribution in [0.4, 0.5) is 5.69 Å². The maximum atomic E-state index is 11.2. The highest BCUT2D eigenvalue weighted by atomic mass is 16.6. The number of carboxylic acids is 1. The summed E-state index contributed by atoms with van der Waals surface area (Å²) in [6, 6.07) is 3.64. The lowest BCUT2D eigenvalue weighted by molar-refractivity contribution is -0.384. The van der Waals surface area contributed by atoms with Gasteiger partial charge in [0.1, 0.15) is 5.75 Å². The number of esters is 1. The molecule has 112 valence electrons. The average molecular weight is 295 g/mol. The Hall–Kier alpha value is -2.90. The summed E-state index contributed by atoms with van der Waals surface area (Å²) in [5.74, 6) is -1.66. The lowest BCUT2D eigenvalue weighted by Crippen LogP contribution is -2.15. The Kier molecular flexibility index (Phi) is 5.87. The molecule has 8 heteroatoms. The largest absolute Gasteiger partial charge is 0.481 e. The number of hydrogen-bond acceptors (Lipinski definition) is 6. The van der Waals surface area contributed by atoms with Crippen molar-refractivity contribution in [2.75, 3.05) is 13.2 Å². The highest BCUT2D eigenvalue weighted by Gasteiger charge is 2.12. The Morgan fingerprint density at radius 2 is 2.14 bits per heavy atom. The molecule has 1 rings (SSSR count). The Bertz CT molecular complexity index is 580. The van der Waals surface area contributed by atoms with Crippen LogP contribution in [0.3, 0.4) is 0 Å². The van der Waals surface area contributed by atoms with Crippen LogP contribution in [0.25, 0.3) is 6.08 Å². The second-order valence-corrected chi connectivity index (χ2v) is 3.74. The summed E-state index contributed by atoms with van der Waals surface area (Å²) in [4.78, 5) is 31.8. The molecule has 0 atom stereocenters. The fourth-order valence-corrected chi connectivity index (χ4v) is 1.41. The lowest BCUT2D eigenvalue weighted by Gasteiger charge is -2.08. The first-order valence-electron chi connectivity index (χ1n) is 5.92. The van der Waals surface area contributed by atoms with Crippen LogP contribution < -0.4 is 4.74 Å². The minimum atomic E-state index is -1.21. The number of ether oxygens (including phenoxy) is 2. The van der Waals surface area contributed by atoms with Gasteiger partial charge in [0.25, 0.3) is 5.69 Å². The average Bonchev–Trinajstić information content (AvgIpc) is 2.43. The Morgan fingerprint density at radius 1 is 1.43 bits per heavy atom. The maximum absolute atomic E-state index is 11.2. The smallest absolute Gasteiger partial charge is 0.344 e. The third kappa shape index (κ3) is 5.31. The molecule has 0 saturated carbocycles. The van der Waals surface area contributed by atoms with Gasteiger partial charge in [-0.1, -0.05) is 0 Å². The van der Waals surface area contributed by atoms with Crippen LogP contribution >= 0.6 is 0 Å². The second kappa shape index (κ2) is 7.63. The maximum Gasteiger partial charge on any atom is 0.344 e. The van der Waals surface area contributed by atoms with Crippen LogP contribution in [0.15, 0.2) is 24.3 Å². The van der Waals surface area contributed by atoms with Gasteiger partial charge in [0.05, 0.1) is 11.5 Å². The SMILES string of the molecule is CCOC(=O)COc1ccc([N+](=O)[O-])cc1/C=C/C(=O)O. The van der Waals surface area contributed by atoms with E-state index in [-0.39, 0.29) is 30.2 Å². The number of non-ortho nitro benzene ring substituents is 1. The quantitative estimate of drug-likeness (QED) is 0.351. The number of nitro benzene ring substituents is 1. The van der Waals surface area contributed by atoms with Crippen molar-refractivity contribution in [2.24, 2.45) is 0 Å². The minimum Gasteiger partial charge on any atom is -0.481 e. The number of hydrogen-bond donors (Lipinski definition) is 1. The van der Waals surface area contributed by atoms with E-state index < -0.39 is 16.9 Å². The van der Waals surface area contributed by atoms with E-state index >= 15 is 0 Å². The number of carbonyl (C=O) groups is 2. The van der Waals surface area contributed by atoms with Crippen molar-refractivity contribution in [3.63, 3.8) is 0 Å². The fourth-order valence-electron chi connectivity index (χ4n) is 1.41. The van der Waals surface area contributed by atoms with Gasteiger partial charge in [-0.05, 0) is 19.1 Å². The summed E-state index contributed by atoms with van der Waals surface area (Å²) in [6.45, 7) is 1.47. The number of carbonyl (C=O) groups excluding carboxylic acids is 1. The standard InChI is InChI=1S/C13H13NO7/c1-2-20-13(17)8-21-11-5-4-10(14(18)19)7-9(11)3-6-12(15)16/h3-7H,2,8H2,1H3,(H,15,16)/b6-3+. The summed E-state index contributed by atoms with van der Waals surface area (Å²) in [5, 5.41) is 19.3. The Labute approximate surface area is 119 Å². The topological polar surface area (TPSA) is 116 Å². The summed E-state index contributed by atoms with van der Waals surface area (Å²) < 4.78 is 9.86. The number of nitro groups is 1. The van der Waals surface area contributed by atoms with Crippen molar-refractivity contribution in [2.45, 2.75) is 6.92 Å². The molecule has 0 amide bonds. The molecule has 0 aliphatic heterocycles. The molecule has 1 aromatic carbocycles. The molecule has 1 aromatic rings. The van der Waals surface area contributed by atoms with Crippen LogP contribution in [0, 0.1) is 10.1 Å². The van der Waals surface area contributed by atoms with Gasteiger partial charge >= 0.3 is 11.9 Å². The highest BCUT2D eigenvalue weighted by Crippen LogP contribution is 2.25. The fraction of sp³-hybridized carbons (Fsp3) is 0.231. The van der Waals surface area contributed by atoms with E-state index in [9.17, 15) is 19.7 Å². The zero-order chi connectivity index (χ0) is 15.8. The summed E-state index contributed by atoms with van der Waals surface area (Å²) >= 11 is 0. The molecule has 0 bridgehead atoms. The molecule has 0 unspecified atom stereocenters. The van der Waals surface area contributed by atoms with E-state index in [1.54, 1.807) is 6.92 Å². The van der Waals surface area contributed by atoms with E-state index in [1.165, 1.54) is 12.1 Å². The van der Waals surface area contributed by atoms with Crippen molar-refractivity contribution < 1.29 is 29.1 Å². The summed E-state index contributed by atoms with van der Waals surface area (Å²) in [7, 11) is 0. The van der Waals surface area contributed by atoms with Crippen LogP contribution in [-0.2, 0) is 14.3 Å². The number of carboxylic acid groups (broad SMARTS) is 1. The van der Waals surface area contributed by atoms with Gasteiger partial charge in [-0.3, -0.25) is 10.1 Å². The zero-order valence-corrected chi connectivity index (χ0v) is 11.1. The first kappa shape index (κ1) is 16.2. The molecular formula is C13H13NO7. The zero-order valence-electron chi connectivity index (χ0n) is 11.1. The predicted molar refractivity (Wildman–Crippen MR) is 71.9 cm³/mol. The van der Waals surface area contributed by atoms with Crippen LogP contribution in [0.1, 0.15) is 12.5 Å². The van der Waals surface area contributed by atoms with E-state index in [0.717, 1.165) is 18.2 Å². The second-order valence-electron chi connectivity index (χ2n) is 3.74. The summed E-state index contributed by atoms with van der Waals surface area (Å²) in [5.41, 5.74) is -0.0422. The van der Waals surface area contributed by atoms with Gasteiger partial charge in [-0.15, -0.1) is 0 Å². The highest BCUT2D eigenvalue weighted by molar-refractivity contribution is 5.86. The molecule has 0 fully saturated rings. The van der Waals surface area contributed by atoms with E-state index in [0.29, 0.717) is 0 Å².